The van der Waals surface area contributed by atoms with Crippen LogP contribution in [0.25, 0.3) is 11.1 Å². The molecule has 2 aromatic carbocycles. The van der Waals surface area contributed by atoms with Gasteiger partial charge < -0.3 is 4.90 Å². The van der Waals surface area contributed by atoms with Crippen LogP contribution in [0, 0.1) is 10.1 Å². The minimum atomic E-state index is -0.314. The van der Waals surface area contributed by atoms with Crippen LogP contribution in [0.5, 0.6) is 0 Å². The Balaban J connectivity index is 2.60. The monoisotopic (exact) mass is 256 g/mol. The predicted molar refractivity (Wildman–Crippen MR) is 75.9 cm³/mol. The summed E-state index contributed by atoms with van der Waals surface area (Å²) in [5, 5.41) is 11.2. The molecular weight excluding hydrogens is 240 g/mol. The van der Waals surface area contributed by atoms with E-state index >= 15 is 0 Å². The van der Waals surface area contributed by atoms with E-state index < -0.39 is 0 Å². The van der Waals surface area contributed by atoms with E-state index in [1.807, 2.05) is 55.4 Å². The van der Waals surface area contributed by atoms with Gasteiger partial charge in [-0.15, -0.1) is 0 Å². The minimum absolute atomic E-state index is 0.176. The first-order valence-corrected chi connectivity index (χ1v) is 6.06. The third kappa shape index (κ3) is 2.98. The molecule has 0 aliphatic carbocycles. The first kappa shape index (κ1) is 13.2. The molecule has 0 amide bonds. The highest BCUT2D eigenvalue weighted by Crippen LogP contribution is 2.31. The molecule has 0 atom stereocenters. The van der Waals surface area contributed by atoms with Gasteiger partial charge in [-0.25, -0.2) is 0 Å². The molecule has 0 aromatic heterocycles. The van der Waals surface area contributed by atoms with Crippen LogP contribution in [0.3, 0.4) is 0 Å². The molecule has 0 aliphatic heterocycles. The average Bonchev–Trinajstić information content (AvgIpc) is 2.39. The average molecular weight is 256 g/mol. The first-order valence-electron chi connectivity index (χ1n) is 6.06. The van der Waals surface area contributed by atoms with Gasteiger partial charge in [0, 0.05) is 12.6 Å². The van der Waals surface area contributed by atoms with Crippen LogP contribution in [0.4, 0.5) is 5.69 Å². The Bertz CT molecular complexity index is 580. The van der Waals surface area contributed by atoms with Gasteiger partial charge in [-0.3, -0.25) is 10.1 Å². The van der Waals surface area contributed by atoms with Crippen LogP contribution in [-0.2, 0) is 6.54 Å². The number of benzene rings is 2. The summed E-state index contributed by atoms with van der Waals surface area (Å²) in [4.78, 5) is 12.8. The summed E-state index contributed by atoms with van der Waals surface area (Å²) in [5.74, 6) is 0. The van der Waals surface area contributed by atoms with Crippen molar-refractivity contribution in [3.05, 3.63) is 64.2 Å². The van der Waals surface area contributed by atoms with Crippen molar-refractivity contribution < 1.29 is 4.92 Å². The van der Waals surface area contributed by atoms with Crippen molar-refractivity contribution >= 4 is 5.69 Å². The normalized spacial score (nSPS) is 10.7. The Hall–Kier alpha value is -2.20. The van der Waals surface area contributed by atoms with Crippen molar-refractivity contribution in [3.63, 3.8) is 0 Å². The fourth-order valence-electron chi connectivity index (χ4n) is 2.12. The van der Waals surface area contributed by atoms with Gasteiger partial charge in [-0.2, -0.15) is 0 Å². The molecule has 2 aromatic rings. The summed E-state index contributed by atoms with van der Waals surface area (Å²) in [6.45, 7) is 0.543. The van der Waals surface area contributed by atoms with Crippen molar-refractivity contribution in [2.75, 3.05) is 14.1 Å². The van der Waals surface area contributed by atoms with E-state index in [9.17, 15) is 10.1 Å². The van der Waals surface area contributed by atoms with E-state index in [1.165, 1.54) is 0 Å². The third-order valence-corrected chi connectivity index (χ3v) is 2.91. The largest absolute Gasteiger partial charge is 0.305 e. The quantitative estimate of drug-likeness (QED) is 0.622. The highest BCUT2D eigenvalue weighted by molar-refractivity contribution is 5.71. The summed E-state index contributed by atoms with van der Waals surface area (Å²) < 4.78 is 0. The lowest BCUT2D eigenvalue weighted by molar-refractivity contribution is -0.385. The van der Waals surface area contributed by atoms with Gasteiger partial charge in [-0.05, 0) is 25.2 Å². The number of nitro benzene ring substituents is 1. The number of nitrogens with zero attached hydrogens (tertiary/aromatic N) is 2. The van der Waals surface area contributed by atoms with E-state index in [-0.39, 0.29) is 10.6 Å². The van der Waals surface area contributed by atoms with E-state index in [0.717, 1.165) is 16.7 Å². The Kier molecular flexibility index (Phi) is 3.92. The van der Waals surface area contributed by atoms with Crippen molar-refractivity contribution in [1.82, 2.24) is 4.90 Å². The highest BCUT2D eigenvalue weighted by Gasteiger charge is 2.18. The molecule has 0 unspecified atom stereocenters. The van der Waals surface area contributed by atoms with Gasteiger partial charge in [-0.1, -0.05) is 42.5 Å². The summed E-state index contributed by atoms with van der Waals surface area (Å²) in [5.41, 5.74) is 2.85. The topological polar surface area (TPSA) is 46.4 Å². The van der Waals surface area contributed by atoms with Gasteiger partial charge in [0.15, 0.2) is 0 Å². The predicted octanol–water partition coefficient (Wildman–Crippen LogP) is 3.32. The van der Waals surface area contributed by atoms with E-state index in [4.69, 9.17) is 0 Å². The summed E-state index contributed by atoms with van der Waals surface area (Å²) in [6.07, 6.45) is 0. The fourth-order valence-corrected chi connectivity index (χ4v) is 2.12. The smallest absolute Gasteiger partial charge is 0.274 e. The Morgan fingerprint density at radius 1 is 1.05 bits per heavy atom. The molecular formula is C15H16N2O2. The van der Waals surface area contributed by atoms with Gasteiger partial charge in [0.25, 0.3) is 5.69 Å². The zero-order valence-corrected chi connectivity index (χ0v) is 11.0. The van der Waals surface area contributed by atoms with E-state index in [1.54, 1.807) is 12.1 Å². The second-order valence-corrected chi connectivity index (χ2v) is 4.66. The molecule has 0 N–H and O–H groups in total. The van der Waals surface area contributed by atoms with Crippen molar-refractivity contribution in [1.29, 1.82) is 0 Å². The second-order valence-electron chi connectivity index (χ2n) is 4.66. The molecule has 2 rings (SSSR count). The molecule has 98 valence electrons. The van der Waals surface area contributed by atoms with Crippen LogP contribution in [0.1, 0.15) is 5.56 Å². The Morgan fingerprint density at radius 3 is 2.32 bits per heavy atom. The summed E-state index contributed by atoms with van der Waals surface area (Å²) in [7, 11) is 3.82. The number of rotatable bonds is 4. The lowest BCUT2D eigenvalue weighted by atomic mass is 9.98. The van der Waals surface area contributed by atoms with Gasteiger partial charge >= 0.3 is 0 Å². The highest BCUT2D eigenvalue weighted by atomic mass is 16.6. The first-order chi connectivity index (χ1) is 9.09. The van der Waals surface area contributed by atoms with Crippen LogP contribution in [0.2, 0.25) is 0 Å². The molecule has 0 heterocycles. The number of nitro groups is 1. The van der Waals surface area contributed by atoms with Crippen LogP contribution in [-0.4, -0.2) is 23.9 Å². The SMILES string of the molecule is CN(C)Cc1c(-c2ccccc2)cccc1[N+](=O)[O-]. The van der Waals surface area contributed by atoms with Crippen molar-refractivity contribution in [3.8, 4) is 11.1 Å². The molecule has 0 radical (unpaired) electrons. The van der Waals surface area contributed by atoms with E-state index in [0.29, 0.717) is 6.54 Å². The van der Waals surface area contributed by atoms with Crippen molar-refractivity contribution in [2.45, 2.75) is 6.54 Å². The molecule has 0 fully saturated rings. The van der Waals surface area contributed by atoms with Crippen LogP contribution >= 0.6 is 0 Å². The molecule has 0 saturated carbocycles. The lowest BCUT2D eigenvalue weighted by Crippen LogP contribution is -2.13. The van der Waals surface area contributed by atoms with Gasteiger partial charge in [0.1, 0.15) is 0 Å². The lowest BCUT2D eigenvalue weighted by Gasteiger charge is -2.14. The van der Waals surface area contributed by atoms with Gasteiger partial charge in [0.2, 0.25) is 0 Å². The van der Waals surface area contributed by atoms with Gasteiger partial charge in [0.05, 0.1) is 10.5 Å². The molecule has 4 heteroatoms. The zero-order valence-electron chi connectivity index (χ0n) is 11.0. The molecule has 0 spiro atoms. The molecule has 0 saturated heterocycles. The fraction of sp³-hybridized carbons (Fsp3) is 0.200. The van der Waals surface area contributed by atoms with Crippen molar-refractivity contribution in [2.24, 2.45) is 0 Å². The second kappa shape index (κ2) is 5.63. The molecule has 0 bridgehead atoms. The molecule has 19 heavy (non-hydrogen) atoms. The minimum Gasteiger partial charge on any atom is -0.305 e. The standard InChI is InChI=1S/C15H16N2O2/c1-16(2)11-14-13(12-7-4-3-5-8-12)9-6-10-15(14)17(18)19/h3-10H,11H2,1-2H3. The summed E-state index contributed by atoms with van der Waals surface area (Å²) >= 11 is 0. The Labute approximate surface area is 112 Å². The maximum absolute atomic E-state index is 11.2. The Morgan fingerprint density at radius 2 is 1.74 bits per heavy atom. The van der Waals surface area contributed by atoms with Crippen LogP contribution in [0.15, 0.2) is 48.5 Å². The maximum Gasteiger partial charge on any atom is 0.274 e. The molecule has 0 aliphatic rings. The number of hydrogen-bond acceptors (Lipinski definition) is 3. The van der Waals surface area contributed by atoms with E-state index in [2.05, 4.69) is 0 Å². The summed E-state index contributed by atoms with van der Waals surface area (Å²) in [6, 6.07) is 15.0. The maximum atomic E-state index is 11.2. The third-order valence-electron chi connectivity index (χ3n) is 2.91. The van der Waals surface area contributed by atoms with Crippen LogP contribution < -0.4 is 0 Å². The molecule has 4 nitrogen and oxygen atoms in total. The zero-order chi connectivity index (χ0) is 13.8. The number of hydrogen-bond donors (Lipinski definition) is 0.